The highest BCUT2D eigenvalue weighted by molar-refractivity contribution is 5.66. The minimum Gasteiger partial charge on any atom is -0.502 e. The number of nitrogens with zero attached hydrogens (tertiary/aromatic N) is 3. The van der Waals surface area contributed by atoms with E-state index in [0.717, 1.165) is 5.69 Å². The van der Waals surface area contributed by atoms with Crippen molar-refractivity contribution in [3.63, 3.8) is 0 Å². The molecule has 0 radical (unpaired) electrons. The zero-order valence-corrected chi connectivity index (χ0v) is 11.2. The van der Waals surface area contributed by atoms with Gasteiger partial charge in [-0.25, -0.2) is 4.79 Å². The molecule has 2 aliphatic rings. The minimum atomic E-state index is -0.885. The number of phenols is 1. The molecule has 0 bridgehead atoms. The van der Waals surface area contributed by atoms with Crippen LogP contribution in [-0.2, 0) is 0 Å². The van der Waals surface area contributed by atoms with E-state index < -0.39 is 11.0 Å². The number of aromatic hydroxyl groups is 1. The van der Waals surface area contributed by atoms with E-state index in [-0.39, 0.29) is 23.3 Å². The van der Waals surface area contributed by atoms with Gasteiger partial charge in [0, 0.05) is 55.8 Å². The van der Waals surface area contributed by atoms with Crippen LogP contribution in [-0.4, -0.2) is 52.3 Å². The zero-order valence-electron chi connectivity index (χ0n) is 11.2. The fourth-order valence-corrected chi connectivity index (χ4v) is 3.22. The highest BCUT2D eigenvalue weighted by Crippen LogP contribution is 2.37. The summed E-state index contributed by atoms with van der Waals surface area (Å²) < 4.78 is 0. The normalized spacial score (nSPS) is 24.2. The highest BCUT2D eigenvalue weighted by atomic mass is 16.6. The van der Waals surface area contributed by atoms with Crippen LogP contribution in [0, 0.1) is 22.0 Å². The van der Waals surface area contributed by atoms with Crippen molar-refractivity contribution in [1.82, 2.24) is 4.90 Å². The van der Waals surface area contributed by atoms with Gasteiger partial charge in [-0.3, -0.25) is 10.1 Å². The van der Waals surface area contributed by atoms with E-state index in [2.05, 4.69) is 0 Å². The standard InChI is InChI=1S/C13H15N3O5/c17-12-3-10(1-2-11(12)16(20)21)14-4-8-6-15(13(18)19)7-9(8)5-14/h1-3,8-9,17H,4-7H2,(H,18,19)/t8-,9?/m0/s1. The summed E-state index contributed by atoms with van der Waals surface area (Å²) in [6, 6.07) is 4.31. The van der Waals surface area contributed by atoms with Gasteiger partial charge in [-0.05, 0) is 6.07 Å². The maximum absolute atomic E-state index is 10.9. The molecule has 2 fully saturated rings. The summed E-state index contributed by atoms with van der Waals surface area (Å²) >= 11 is 0. The Morgan fingerprint density at radius 2 is 1.86 bits per heavy atom. The molecule has 2 atom stereocenters. The van der Waals surface area contributed by atoms with Gasteiger partial charge >= 0.3 is 11.8 Å². The first kappa shape index (κ1) is 13.5. The summed E-state index contributed by atoms with van der Waals surface area (Å²) in [5.41, 5.74) is 0.421. The number of amides is 1. The molecule has 8 heteroatoms. The first-order valence-corrected chi connectivity index (χ1v) is 6.66. The lowest BCUT2D eigenvalue weighted by atomic mass is 10.0. The van der Waals surface area contributed by atoms with Gasteiger partial charge in [0.2, 0.25) is 0 Å². The van der Waals surface area contributed by atoms with Crippen molar-refractivity contribution < 1.29 is 19.9 Å². The average molecular weight is 293 g/mol. The number of nitro benzene ring substituents is 1. The molecule has 112 valence electrons. The van der Waals surface area contributed by atoms with Gasteiger partial charge in [0.05, 0.1) is 4.92 Å². The van der Waals surface area contributed by atoms with Crippen molar-refractivity contribution in [2.45, 2.75) is 0 Å². The molecule has 0 spiro atoms. The first-order chi connectivity index (χ1) is 9.95. The third-order valence-corrected chi connectivity index (χ3v) is 4.28. The molecule has 8 nitrogen and oxygen atoms in total. The van der Waals surface area contributed by atoms with Gasteiger partial charge in [-0.1, -0.05) is 0 Å². The Hall–Kier alpha value is -2.51. The second-order valence-electron chi connectivity index (χ2n) is 5.54. The Balaban J connectivity index is 1.72. The lowest BCUT2D eigenvalue weighted by Crippen LogP contribution is -2.32. The number of fused-ring (bicyclic) bond motifs is 1. The van der Waals surface area contributed by atoms with E-state index in [4.69, 9.17) is 5.11 Å². The maximum Gasteiger partial charge on any atom is 0.407 e. The molecule has 21 heavy (non-hydrogen) atoms. The van der Waals surface area contributed by atoms with Crippen molar-refractivity contribution >= 4 is 17.5 Å². The number of benzene rings is 1. The summed E-state index contributed by atoms with van der Waals surface area (Å²) in [6.07, 6.45) is -0.885. The number of anilines is 1. The van der Waals surface area contributed by atoms with Gasteiger partial charge < -0.3 is 20.0 Å². The molecular formula is C13H15N3O5. The van der Waals surface area contributed by atoms with Gasteiger partial charge in [0.25, 0.3) is 0 Å². The third kappa shape index (κ3) is 2.32. The van der Waals surface area contributed by atoms with Gasteiger partial charge in [0.1, 0.15) is 0 Å². The summed E-state index contributed by atoms with van der Waals surface area (Å²) in [7, 11) is 0. The number of hydrogen-bond acceptors (Lipinski definition) is 5. The van der Waals surface area contributed by atoms with Gasteiger partial charge in [0.15, 0.2) is 5.75 Å². The summed E-state index contributed by atoms with van der Waals surface area (Å²) in [5, 5.41) is 29.4. The Bertz CT molecular complexity index is 591. The van der Waals surface area contributed by atoms with Crippen molar-refractivity contribution in [2.24, 2.45) is 11.8 Å². The number of carboxylic acid groups (broad SMARTS) is 1. The molecule has 0 aliphatic carbocycles. The monoisotopic (exact) mass is 293 g/mol. The predicted octanol–water partition coefficient (Wildman–Crippen LogP) is 1.35. The molecule has 2 aliphatic heterocycles. The lowest BCUT2D eigenvalue weighted by molar-refractivity contribution is -0.385. The largest absolute Gasteiger partial charge is 0.502 e. The van der Waals surface area contributed by atoms with E-state index in [9.17, 15) is 20.0 Å². The number of carbonyl (C=O) groups is 1. The quantitative estimate of drug-likeness (QED) is 0.629. The molecule has 2 saturated heterocycles. The van der Waals surface area contributed by atoms with Crippen LogP contribution in [0.4, 0.5) is 16.2 Å². The van der Waals surface area contributed by atoms with Crippen LogP contribution in [0.2, 0.25) is 0 Å². The van der Waals surface area contributed by atoms with Gasteiger partial charge in [-0.15, -0.1) is 0 Å². The SMILES string of the molecule is O=C(O)N1CC2CN(c3ccc([N+](=O)[O-])c(O)c3)C[C@H]2C1. The minimum absolute atomic E-state index is 0.276. The zero-order chi connectivity index (χ0) is 15.1. The average Bonchev–Trinajstić information content (AvgIpc) is 2.95. The molecule has 0 saturated carbocycles. The first-order valence-electron chi connectivity index (χ1n) is 6.66. The molecule has 2 N–H and O–H groups in total. The fraction of sp³-hybridized carbons (Fsp3) is 0.462. The van der Waals surface area contributed by atoms with Crippen LogP contribution < -0.4 is 4.90 Å². The fourth-order valence-electron chi connectivity index (χ4n) is 3.22. The Morgan fingerprint density at radius 1 is 1.24 bits per heavy atom. The molecule has 2 heterocycles. The molecular weight excluding hydrogens is 278 g/mol. The van der Waals surface area contributed by atoms with E-state index in [1.54, 1.807) is 6.07 Å². The number of likely N-dealkylation sites (tertiary alicyclic amines) is 1. The summed E-state index contributed by atoms with van der Waals surface area (Å²) in [5.74, 6) is 0.207. The van der Waals surface area contributed by atoms with Gasteiger partial charge in [-0.2, -0.15) is 0 Å². The van der Waals surface area contributed by atoms with Crippen molar-refractivity contribution in [2.75, 3.05) is 31.1 Å². The van der Waals surface area contributed by atoms with Crippen molar-refractivity contribution in [1.29, 1.82) is 0 Å². The number of rotatable bonds is 2. The topological polar surface area (TPSA) is 107 Å². The number of phenolic OH excluding ortho intramolecular Hbond substituents is 1. The van der Waals surface area contributed by atoms with Crippen LogP contribution in [0.3, 0.4) is 0 Å². The van der Waals surface area contributed by atoms with Crippen LogP contribution in [0.1, 0.15) is 0 Å². The molecule has 1 amide bonds. The smallest absolute Gasteiger partial charge is 0.407 e. The van der Waals surface area contributed by atoms with Crippen LogP contribution in [0.5, 0.6) is 5.75 Å². The second kappa shape index (κ2) is 4.80. The molecule has 1 aromatic carbocycles. The summed E-state index contributed by atoms with van der Waals surface area (Å²) in [6.45, 7) is 2.45. The predicted molar refractivity (Wildman–Crippen MR) is 73.6 cm³/mol. The second-order valence-corrected chi connectivity index (χ2v) is 5.54. The lowest BCUT2D eigenvalue weighted by Gasteiger charge is -2.22. The van der Waals surface area contributed by atoms with Crippen LogP contribution in [0.25, 0.3) is 0 Å². The number of hydrogen-bond donors (Lipinski definition) is 2. The third-order valence-electron chi connectivity index (χ3n) is 4.28. The van der Waals surface area contributed by atoms with E-state index in [1.165, 1.54) is 17.0 Å². The van der Waals surface area contributed by atoms with Crippen molar-refractivity contribution in [3.8, 4) is 5.75 Å². The van der Waals surface area contributed by atoms with E-state index >= 15 is 0 Å². The van der Waals surface area contributed by atoms with E-state index in [0.29, 0.717) is 26.2 Å². The Labute approximate surface area is 120 Å². The van der Waals surface area contributed by atoms with E-state index in [1.807, 2.05) is 4.90 Å². The highest BCUT2D eigenvalue weighted by Gasteiger charge is 2.41. The molecule has 3 rings (SSSR count). The number of nitro groups is 1. The van der Waals surface area contributed by atoms with Crippen LogP contribution in [0.15, 0.2) is 18.2 Å². The molecule has 0 aromatic heterocycles. The Kier molecular flexibility index (Phi) is 3.08. The van der Waals surface area contributed by atoms with Crippen LogP contribution >= 0.6 is 0 Å². The Morgan fingerprint density at radius 3 is 2.33 bits per heavy atom. The molecule has 1 unspecified atom stereocenters. The van der Waals surface area contributed by atoms with Crippen molar-refractivity contribution in [3.05, 3.63) is 28.3 Å². The molecule has 1 aromatic rings. The summed E-state index contributed by atoms with van der Waals surface area (Å²) in [4.78, 5) is 24.5. The maximum atomic E-state index is 10.9.